The van der Waals surface area contributed by atoms with Gasteiger partial charge in [0.1, 0.15) is 0 Å². The Kier molecular flexibility index (Phi) is 2.81. The van der Waals surface area contributed by atoms with Crippen LogP contribution in [0.25, 0.3) is 0 Å². The third kappa shape index (κ3) is 1.89. The van der Waals surface area contributed by atoms with E-state index in [9.17, 15) is 0 Å². The van der Waals surface area contributed by atoms with Gasteiger partial charge in [0, 0.05) is 12.1 Å². The highest BCUT2D eigenvalue weighted by Crippen LogP contribution is 2.37. The molecule has 0 radical (unpaired) electrons. The van der Waals surface area contributed by atoms with Gasteiger partial charge in [0.2, 0.25) is 0 Å². The Hall–Kier alpha value is -1.79. The van der Waals surface area contributed by atoms with Crippen LogP contribution in [0.1, 0.15) is 48.4 Å². The fourth-order valence-electron chi connectivity index (χ4n) is 2.56. The summed E-state index contributed by atoms with van der Waals surface area (Å²) in [6.45, 7) is 2.03. The first-order valence-corrected chi connectivity index (χ1v) is 6.09. The summed E-state index contributed by atoms with van der Waals surface area (Å²) >= 11 is 0. The van der Waals surface area contributed by atoms with E-state index in [0.717, 1.165) is 6.42 Å². The van der Waals surface area contributed by atoms with Crippen molar-refractivity contribution in [3.63, 3.8) is 0 Å². The van der Waals surface area contributed by atoms with Gasteiger partial charge in [-0.1, -0.05) is 29.5 Å². The van der Waals surface area contributed by atoms with Crippen molar-refractivity contribution in [1.82, 2.24) is 25.9 Å². The maximum atomic E-state index is 6.14. The molecule has 1 aromatic heterocycles. The molecule has 3 atom stereocenters. The predicted octanol–water partition coefficient (Wildman–Crippen LogP) is 0.995. The number of aromatic amines is 1. The highest BCUT2D eigenvalue weighted by molar-refractivity contribution is 5.37. The van der Waals surface area contributed by atoms with Gasteiger partial charge in [0.25, 0.3) is 0 Å². The number of nitrogens with zero attached hydrogens (tertiary/aromatic N) is 3. The number of hydrogen-bond donors (Lipinski definition) is 3. The molecular formula is C12H16N6. The number of hydrogen-bond acceptors (Lipinski definition) is 5. The highest BCUT2D eigenvalue weighted by Gasteiger charge is 2.29. The first-order valence-electron chi connectivity index (χ1n) is 6.09. The summed E-state index contributed by atoms with van der Waals surface area (Å²) < 4.78 is 0. The summed E-state index contributed by atoms with van der Waals surface area (Å²) in [7, 11) is 0. The minimum Gasteiger partial charge on any atom is -0.324 e. The molecule has 1 aromatic carbocycles. The predicted molar refractivity (Wildman–Crippen MR) is 66.5 cm³/mol. The van der Waals surface area contributed by atoms with Crippen LogP contribution in [-0.4, -0.2) is 20.6 Å². The van der Waals surface area contributed by atoms with Gasteiger partial charge in [-0.3, -0.25) is 0 Å². The lowest BCUT2D eigenvalue weighted by Gasteiger charge is -2.17. The summed E-state index contributed by atoms with van der Waals surface area (Å²) in [5.41, 5.74) is 8.65. The second-order valence-electron chi connectivity index (χ2n) is 4.68. The van der Waals surface area contributed by atoms with Crippen molar-refractivity contribution in [2.75, 3.05) is 0 Å². The van der Waals surface area contributed by atoms with Crippen molar-refractivity contribution >= 4 is 0 Å². The standard InChI is InChI=1S/C12H16N6/c1-7(12-15-17-18-16-12)14-11-6-10(13)8-4-2-3-5-9(8)11/h2-5,7,10-11,14H,6,13H2,1H3,(H,15,16,17,18). The quantitative estimate of drug-likeness (QED) is 0.749. The van der Waals surface area contributed by atoms with E-state index < -0.39 is 0 Å². The lowest BCUT2D eigenvalue weighted by atomic mass is 10.1. The van der Waals surface area contributed by atoms with Crippen molar-refractivity contribution in [2.24, 2.45) is 5.73 Å². The maximum absolute atomic E-state index is 6.14. The fourth-order valence-corrected chi connectivity index (χ4v) is 2.56. The fraction of sp³-hybridized carbons (Fsp3) is 0.417. The SMILES string of the molecule is CC(NC1CC(N)c2ccccc21)c1nn[nH]n1. The molecule has 3 rings (SSSR count). The molecule has 94 valence electrons. The number of fused-ring (bicyclic) bond motifs is 1. The number of tetrazole rings is 1. The third-order valence-corrected chi connectivity index (χ3v) is 3.46. The maximum Gasteiger partial charge on any atom is 0.191 e. The van der Waals surface area contributed by atoms with Crippen molar-refractivity contribution in [3.8, 4) is 0 Å². The lowest BCUT2D eigenvalue weighted by molar-refractivity contribution is 0.434. The second kappa shape index (κ2) is 4.47. The van der Waals surface area contributed by atoms with Crippen molar-refractivity contribution < 1.29 is 0 Å². The van der Waals surface area contributed by atoms with Crippen LogP contribution in [0, 0.1) is 0 Å². The smallest absolute Gasteiger partial charge is 0.191 e. The zero-order valence-electron chi connectivity index (χ0n) is 10.2. The van der Waals surface area contributed by atoms with E-state index in [1.165, 1.54) is 11.1 Å². The molecule has 6 nitrogen and oxygen atoms in total. The minimum absolute atomic E-state index is 0.0482. The number of aromatic nitrogens is 4. The Morgan fingerprint density at radius 2 is 2.17 bits per heavy atom. The van der Waals surface area contributed by atoms with Gasteiger partial charge < -0.3 is 11.1 Å². The van der Waals surface area contributed by atoms with Gasteiger partial charge in [0.05, 0.1) is 6.04 Å². The molecule has 4 N–H and O–H groups in total. The molecule has 2 aromatic rings. The highest BCUT2D eigenvalue weighted by atomic mass is 15.5. The molecule has 3 unspecified atom stereocenters. The van der Waals surface area contributed by atoms with E-state index in [1.54, 1.807) is 0 Å². The summed E-state index contributed by atoms with van der Waals surface area (Å²) in [4.78, 5) is 0. The molecule has 0 saturated heterocycles. The molecule has 0 spiro atoms. The zero-order valence-corrected chi connectivity index (χ0v) is 10.2. The van der Waals surface area contributed by atoms with Gasteiger partial charge in [0.15, 0.2) is 5.82 Å². The average molecular weight is 244 g/mol. The lowest BCUT2D eigenvalue weighted by Crippen LogP contribution is -2.24. The van der Waals surface area contributed by atoms with Crippen LogP contribution in [0.2, 0.25) is 0 Å². The Labute approximate surface area is 105 Å². The Balaban J connectivity index is 1.79. The first kappa shape index (κ1) is 11.3. The van der Waals surface area contributed by atoms with Gasteiger partial charge in [-0.25, -0.2) is 0 Å². The van der Waals surface area contributed by atoms with E-state index in [1.807, 2.05) is 19.1 Å². The average Bonchev–Trinajstić information content (AvgIpc) is 3.00. The first-order chi connectivity index (χ1) is 8.75. The molecule has 0 fully saturated rings. The summed E-state index contributed by atoms with van der Waals surface area (Å²) in [5.74, 6) is 0.674. The van der Waals surface area contributed by atoms with Crippen molar-refractivity contribution in [3.05, 3.63) is 41.2 Å². The summed E-state index contributed by atoms with van der Waals surface area (Å²) in [5, 5.41) is 17.5. The van der Waals surface area contributed by atoms with E-state index >= 15 is 0 Å². The number of H-pyrrole nitrogens is 1. The Bertz CT molecular complexity index is 523. The summed E-state index contributed by atoms with van der Waals surface area (Å²) in [6, 6.07) is 8.71. The van der Waals surface area contributed by atoms with Gasteiger partial charge in [-0.15, -0.1) is 10.2 Å². The molecule has 1 heterocycles. The number of nitrogens with two attached hydrogens (primary N) is 1. The van der Waals surface area contributed by atoms with Crippen LogP contribution in [0.5, 0.6) is 0 Å². The molecule has 0 amide bonds. The largest absolute Gasteiger partial charge is 0.324 e. The van der Waals surface area contributed by atoms with Crippen molar-refractivity contribution in [1.29, 1.82) is 0 Å². The van der Waals surface area contributed by atoms with E-state index in [-0.39, 0.29) is 18.1 Å². The topological polar surface area (TPSA) is 92.5 Å². The molecule has 1 aliphatic carbocycles. The molecule has 6 heteroatoms. The van der Waals surface area contributed by atoms with Crippen LogP contribution >= 0.6 is 0 Å². The number of benzene rings is 1. The van der Waals surface area contributed by atoms with Crippen LogP contribution in [-0.2, 0) is 0 Å². The monoisotopic (exact) mass is 244 g/mol. The van der Waals surface area contributed by atoms with Gasteiger partial charge >= 0.3 is 0 Å². The molecule has 18 heavy (non-hydrogen) atoms. The van der Waals surface area contributed by atoms with Crippen LogP contribution in [0.3, 0.4) is 0 Å². The minimum atomic E-state index is 0.0482. The van der Waals surface area contributed by atoms with E-state index in [0.29, 0.717) is 5.82 Å². The van der Waals surface area contributed by atoms with Crippen LogP contribution < -0.4 is 11.1 Å². The van der Waals surface area contributed by atoms with E-state index in [2.05, 4.69) is 38.1 Å². The molecule has 1 aliphatic rings. The molecule has 0 saturated carbocycles. The Morgan fingerprint density at radius 1 is 1.39 bits per heavy atom. The molecular weight excluding hydrogens is 228 g/mol. The van der Waals surface area contributed by atoms with Crippen molar-refractivity contribution in [2.45, 2.75) is 31.5 Å². The normalized spacial score (nSPS) is 23.9. The Morgan fingerprint density at radius 3 is 2.89 bits per heavy atom. The zero-order chi connectivity index (χ0) is 12.5. The number of rotatable bonds is 3. The third-order valence-electron chi connectivity index (χ3n) is 3.46. The molecule has 0 aliphatic heterocycles. The van der Waals surface area contributed by atoms with E-state index in [4.69, 9.17) is 5.73 Å². The van der Waals surface area contributed by atoms with Crippen LogP contribution in [0.4, 0.5) is 0 Å². The molecule has 0 bridgehead atoms. The van der Waals surface area contributed by atoms with Gasteiger partial charge in [-0.2, -0.15) is 5.21 Å². The van der Waals surface area contributed by atoms with Crippen LogP contribution in [0.15, 0.2) is 24.3 Å². The summed E-state index contributed by atoms with van der Waals surface area (Å²) in [6.07, 6.45) is 0.904. The number of nitrogens with one attached hydrogen (secondary N) is 2. The second-order valence-corrected chi connectivity index (χ2v) is 4.68. The van der Waals surface area contributed by atoms with Gasteiger partial charge in [-0.05, 0) is 24.5 Å².